The lowest BCUT2D eigenvalue weighted by Gasteiger charge is -2.27. The van der Waals surface area contributed by atoms with Crippen molar-refractivity contribution in [2.45, 2.75) is 0 Å². The molecule has 1 aliphatic heterocycles. The molecule has 1 aliphatic rings. The first-order chi connectivity index (χ1) is 9.15. The SMILES string of the molecule is O=c1[nH]c(N2CCOCC2)nc2c(Br)cc(F)cc12. The third-order valence-electron chi connectivity index (χ3n) is 3.03. The average molecular weight is 328 g/mol. The summed E-state index contributed by atoms with van der Waals surface area (Å²) in [5, 5.41) is 0.240. The van der Waals surface area contributed by atoms with Crippen LogP contribution in [0, 0.1) is 5.82 Å². The Balaban J connectivity index is 2.15. The Hall–Kier alpha value is -1.47. The molecule has 0 spiro atoms. The summed E-state index contributed by atoms with van der Waals surface area (Å²) in [6.07, 6.45) is 0. The highest BCUT2D eigenvalue weighted by Crippen LogP contribution is 2.23. The summed E-state index contributed by atoms with van der Waals surface area (Å²) in [5.74, 6) is 0.0268. The molecular formula is C12H11BrFN3O2. The number of benzene rings is 1. The van der Waals surface area contributed by atoms with Gasteiger partial charge in [0.2, 0.25) is 5.95 Å². The molecule has 3 rings (SSSR count). The Labute approximate surface area is 116 Å². The molecule has 0 bridgehead atoms. The summed E-state index contributed by atoms with van der Waals surface area (Å²) >= 11 is 3.24. The molecule has 0 atom stereocenters. The molecule has 100 valence electrons. The number of fused-ring (bicyclic) bond motifs is 1. The second kappa shape index (κ2) is 4.90. The van der Waals surface area contributed by atoms with Gasteiger partial charge < -0.3 is 9.64 Å². The minimum Gasteiger partial charge on any atom is -0.378 e. The Morgan fingerprint density at radius 1 is 1.37 bits per heavy atom. The Morgan fingerprint density at radius 3 is 2.84 bits per heavy atom. The van der Waals surface area contributed by atoms with Gasteiger partial charge in [-0.05, 0) is 28.1 Å². The van der Waals surface area contributed by atoms with Crippen LogP contribution >= 0.6 is 15.9 Å². The molecule has 0 radical (unpaired) electrons. The molecule has 0 unspecified atom stereocenters. The van der Waals surface area contributed by atoms with E-state index in [4.69, 9.17) is 4.74 Å². The fourth-order valence-electron chi connectivity index (χ4n) is 2.08. The smallest absolute Gasteiger partial charge is 0.260 e. The molecule has 1 aromatic heterocycles. The fraction of sp³-hybridized carbons (Fsp3) is 0.333. The van der Waals surface area contributed by atoms with Crippen molar-refractivity contribution in [1.29, 1.82) is 0 Å². The van der Waals surface area contributed by atoms with Crippen LogP contribution in [0.1, 0.15) is 0 Å². The molecule has 1 saturated heterocycles. The van der Waals surface area contributed by atoms with E-state index in [1.807, 2.05) is 4.90 Å². The van der Waals surface area contributed by atoms with Gasteiger partial charge in [0.25, 0.3) is 5.56 Å². The second-order valence-electron chi connectivity index (χ2n) is 4.27. The number of morpholine rings is 1. The van der Waals surface area contributed by atoms with Crippen LogP contribution < -0.4 is 10.5 Å². The summed E-state index contributed by atoms with van der Waals surface area (Å²) < 4.78 is 19.0. The summed E-state index contributed by atoms with van der Waals surface area (Å²) in [5.41, 5.74) is 0.123. The second-order valence-corrected chi connectivity index (χ2v) is 5.13. The molecule has 2 heterocycles. The van der Waals surface area contributed by atoms with E-state index in [1.54, 1.807) is 0 Å². The largest absolute Gasteiger partial charge is 0.378 e. The van der Waals surface area contributed by atoms with Gasteiger partial charge in [-0.3, -0.25) is 9.78 Å². The molecular weight excluding hydrogens is 317 g/mol. The van der Waals surface area contributed by atoms with Gasteiger partial charge in [0, 0.05) is 17.6 Å². The molecule has 1 fully saturated rings. The van der Waals surface area contributed by atoms with Crippen molar-refractivity contribution in [2.24, 2.45) is 0 Å². The lowest BCUT2D eigenvalue weighted by atomic mass is 10.2. The van der Waals surface area contributed by atoms with Crippen LogP contribution in [0.25, 0.3) is 10.9 Å². The molecule has 2 aromatic rings. The minimum atomic E-state index is -0.467. The van der Waals surface area contributed by atoms with Crippen molar-refractivity contribution in [2.75, 3.05) is 31.2 Å². The number of H-pyrrole nitrogens is 1. The summed E-state index contributed by atoms with van der Waals surface area (Å²) in [4.78, 5) is 21.0. The highest BCUT2D eigenvalue weighted by atomic mass is 79.9. The van der Waals surface area contributed by atoms with E-state index in [9.17, 15) is 9.18 Å². The van der Waals surface area contributed by atoms with Crippen LogP contribution in [0.4, 0.5) is 10.3 Å². The normalized spacial score (nSPS) is 16.0. The maximum atomic E-state index is 13.3. The van der Waals surface area contributed by atoms with Crippen LogP contribution in [0.3, 0.4) is 0 Å². The lowest BCUT2D eigenvalue weighted by Crippen LogP contribution is -2.38. The van der Waals surface area contributed by atoms with Crippen molar-refractivity contribution >= 4 is 32.8 Å². The number of hydrogen-bond acceptors (Lipinski definition) is 4. The number of nitrogens with one attached hydrogen (secondary N) is 1. The van der Waals surface area contributed by atoms with Gasteiger partial charge in [0.05, 0.1) is 24.1 Å². The monoisotopic (exact) mass is 327 g/mol. The molecule has 5 nitrogen and oxygen atoms in total. The number of halogens is 2. The third-order valence-corrected chi connectivity index (χ3v) is 3.63. The minimum absolute atomic E-state index is 0.240. The predicted molar refractivity (Wildman–Crippen MR) is 73.1 cm³/mol. The molecule has 0 amide bonds. The van der Waals surface area contributed by atoms with E-state index >= 15 is 0 Å². The van der Waals surface area contributed by atoms with Crippen LogP contribution in [-0.2, 0) is 4.74 Å². The summed E-state index contributed by atoms with van der Waals surface area (Å²) in [7, 11) is 0. The maximum absolute atomic E-state index is 13.3. The standard InChI is InChI=1S/C12H11BrFN3O2/c13-9-6-7(14)5-8-10(9)15-12(16-11(8)18)17-1-3-19-4-2-17/h5-6H,1-4H2,(H,15,16,18). The quantitative estimate of drug-likeness (QED) is 0.865. The number of anilines is 1. The summed E-state index contributed by atoms with van der Waals surface area (Å²) in [6.45, 7) is 2.55. The van der Waals surface area contributed by atoms with Gasteiger partial charge in [0.15, 0.2) is 0 Å². The number of aromatic nitrogens is 2. The van der Waals surface area contributed by atoms with Gasteiger partial charge in [0.1, 0.15) is 5.82 Å². The van der Waals surface area contributed by atoms with E-state index in [-0.39, 0.29) is 10.9 Å². The molecule has 1 aromatic carbocycles. The predicted octanol–water partition coefficient (Wildman–Crippen LogP) is 1.66. The first kappa shape index (κ1) is 12.6. The Bertz CT molecular complexity index is 682. The Morgan fingerprint density at radius 2 is 2.11 bits per heavy atom. The molecule has 7 heteroatoms. The molecule has 1 N–H and O–H groups in total. The fourth-order valence-corrected chi connectivity index (χ4v) is 2.60. The van der Waals surface area contributed by atoms with E-state index in [1.165, 1.54) is 12.1 Å². The Kier molecular flexibility index (Phi) is 3.24. The van der Waals surface area contributed by atoms with Crippen molar-refractivity contribution in [1.82, 2.24) is 9.97 Å². The maximum Gasteiger partial charge on any atom is 0.260 e. The highest BCUT2D eigenvalue weighted by Gasteiger charge is 2.16. The van der Waals surface area contributed by atoms with E-state index in [0.717, 1.165) is 0 Å². The van der Waals surface area contributed by atoms with Crippen LogP contribution in [0.5, 0.6) is 0 Å². The zero-order valence-corrected chi connectivity index (χ0v) is 11.5. The van der Waals surface area contributed by atoms with Crippen LogP contribution in [-0.4, -0.2) is 36.3 Å². The van der Waals surface area contributed by atoms with Crippen molar-refractivity contribution in [3.8, 4) is 0 Å². The van der Waals surface area contributed by atoms with E-state index in [0.29, 0.717) is 42.2 Å². The number of ether oxygens (including phenoxy) is 1. The zero-order chi connectivity index (χ0) is 13.4. The van der Waals surface area contributed by atoms with Crippen molar-refractivity contribution < 1.29 is 9.13 Å². The van der Waals surface area contributed by atoms with E-state index < -0.39 is 5.82 Å². The van der Waals surface area contributed by atoms with Crippen molar-refractivity contribution in [3.05, 3.63) is 32.8 Å². The van der Waals surface area contributed by atoms with Gasteiger partial charge in [-0.15, -0.1) is 0 Å². The van der Waals surface area contributed by atoms with Gasteiger partial charge in [-0.2, -0.15) is 0 Å². The van der Waals surface area contributed by atoms with Gasteiger partial charge in [-0.25, -0.2) is 9.37 Å². The number of nitrogens with zero attached hydrogens (tertiary/aromatic N) is 2. The number of hydrogen-bond donors (Lipinski definition) is 1. The van der Waals surface area contributed by atoms with Crippen LogP contribution in [0.2, 0.25) is 0 Å². The summed E-state index contributed by atoms with van der Waals surface area (Å²) in [6, 6.07) is 2.49. The first-order valence-corrected chi connectivity index (χ1v) is 6.66. The molecule has 19 heavy (non-hydrogen) atoms. The van der Waals surface area contributed by atoms with Gasteiger partial charge in [-0.1, -0.05) is 0 Å². The van der Waals surface area contributed by atoms with Crippen molar-refractivity contribution in [3.63, 3.8) is 0 Å². The number of rotatable bonds is 1. The third kappa shape index (κ3) is 2.35. The molecule has 0 aliphatic carbocycles. The van der Waals surface area contributed by atoms with E-state index in [2.05, 4.69) is 25.9 Å². The lowest BCUT2D eigenvalue weighted by molar-refractivity contribution is 0.122. The van der Waals surface area contributed by atoms with Crippen LogP contribution in [0.15, 0.2) is 21.4 Å². The number of aromatic amines is 1. The highest BCUT2D eigenvalue weighted by molar-refractivity contribution is 9.10. The average Bonchev–Trinajstić information content (AvgIpc) is 2.41. The molecule has 0 saturated carbocycles. The first-order valence-electron chi connectivity index (χ1n) is 5.87. The zero-order valence-electron chi connectivity index (χ0n) is 9.95. The van der Waals surface area contributed by atoms with Gasteiger partial charge >= 0.3 is 0 Å². The topological polar surface area (TPSA) is 58.2 Å².